The van der Waals surface area contributed by atoms with Gasteiger partial charge in [0.2, 0.25) is 0 Å². The van der Waals surface area contributed by atoms with Crippen molar-refractivity contribution in [3.63, 3.8) is 0 Å². The van der Waals surface area contributed by atoms with E-state index in [1.54, 1.807) is 0 Å². The molecule has 5 rings (SSSR count). The van der Waals surface area contributed by atoms with Crippen LogP contribution >= 0.6 is 15.9 Å². The second-order valence-corrected chi connectivity index (χ2v) is 10.9. The van der Waals surface area contributed by atoms with Gasteiger partial charge in [0.1, 0.15) is 18.2 Å². The van der Waals surface area contributed by atoms with E-state index < -0.39 is 0 Å². The lowest BCUT2D eigenvalue weighted by atomic mass is 10.1. The first-order valence-electron chi connectivity index (χ1n) is 12.2. The molecule has 0 radical (unpaired) electrons. The Morgan fingerprint density at radius 2 is 1.89 bits per heavy atom. The summed E-state index contributed by atoms with van der Waals surface area (Å²) < 4.78 is 14.7. The van der Waals surface area contributed by atoms with E-state index in [4.69, 9.17) is 14.5 Å². The third-order valence-corrected chi connectivity index (χ3v) is 7.54. The molecular formula is C29H30BrN3O3. The molecular weight excluding hydrogens is 518 g/mol. The van der Waals surface area contributed by atoms with E-state index in [-0.39, 0.29) is 23.2 Å². The Kier molecular flexibility index (Phi) is 6.60. The van der Waals surface area contributed by atoms with E-state index in [0.29, 0.717) is 19.8 Å². The zero-order valence-corrected chi connectivity index (χ0v) is 22.6. The van der Waals surface area contributed by atoms with Crippen LogP contribution in [-0.2, 0) is 22.7 Å². The predicted octanol–water partition coefficient (Wildman–Crippen LogP) is 6.43. The van der Waals surface area contributed by atoms with Crippen LogP contribution in [0.4, 0.5) is 0 Å². The number of fused-ring (bicyclic) bond motifs is 1. The number of aryl methyl sites for hydroxylation is 1. The highest BCUT2D eigenvalue weighted by atomic mass is 79.9. The van der Waals surface area contributed by atoms with E-state index in [1.165, 1.54) is 0 Å². The van der Waals surface area contributed by atoms with Gasteiger partial charge in [-0.3, -0.25) is 9.78 Å². The number of imidazole rings is 1. The van der Waals surface area contributed by atoms with Crippen LogP contribution in [0.2, 0.25) is 0 Å². The number of aromatic nitrogens is 3. The molecule has 1 fully saturated rings. The second kappa shape index (κ2) is 9.69. The number of halogens is 1. The number of carbonyl (C=O) groups is 1. The zero-order valence-electron chi connectivity index (χ0n) is 21.0. The van der Waals surface area contributed by atoms with E-state index in [2.05, 4.69) is 51.5 Å². The molecule has 0 bridgehead atoms. The number of pyridine rings is 1. The predicted molar refractivity (Wildman–Crippen MR) is 143 cm³/mol. The molecule has 0 aliphatic heterocycles. The van der Waals surface area contributed by atoms with Crippen molar-refractivity contribution in [3.8, 4) is 5.75 Å². The third-order valence-electron chi connectivity index (χ3n) is 7.01. The maximum atomic E-state index is 12.7. The van der Waals surface area contributed by atoms with Crippen molar-refractivity contribution in [3.05, 3.63) is 87.9 Å². The summed E-state index contributed by atoms with van der Waals surface area (Å²) in [6.07, 6.45) is 1.85. The van der Waals surface area contributed by atoms with Crippen molar-refractivity contribution in [2.75, 3.05) is 6.61 Å². The van der Waals surface area contributed by atoms with Crippen LogP contribution in [0, 0.1) is 18.3 Å². The highest BCUT2D eigenvalue weighted by Gasteiger charge is 2.65. The van der Waals surface area contributed by atoms with Crippen molar-refractivity contribution >= 4 is 32.9 Å². The van der Waals surface area contributed by atoms with E-state index in [0.717, 1.165) is 43.9 Å². The number of hydrogen-bond acceptors (Lipinski definition) is 5. The fourth-order valence-electron chi connectivity index (χ4n) is 4.92. The zero-order chi connectivity index (χ0) is 25.4. The van der Waals surface area contributed by atoms with E-state index >= 15 is 0 Å². The summed E-state index contributed by atoms with van der Waals surface area (Å²) in [6.45, 7) is 9.51. The molecule has 1 saturated carbocycles. The summed E-state index contributed by atoms with van der Waals surface area (Å²) >= 11 is 3.52. The summed E-state index contributed by atoms with van der Waals surface area (Å²) in [5, 5.41) is 0. The van der Waals surface area contributed by atoms with Gasteiger partial charge in [-0.2, -0.15) is 0 Å². The molecule has 1 aliphatic rings. The summed E-state index contributed by atoms with van der Waals surface area (Å²) in [5.74, 6) is 1.30. The first kappa shape index (κ1) is 24.5. The van der Waals surface area contributed by atoms with Gasteiger partial charge in [0.25, 0.3) is 0 Å². The van der Waals surface area contributed by atoms with Crippen LogP contribution in [0.15, 0.2) is 65.3 Å². The molecule has 4 aromatic rings. The first-order chi connectivity index (χ1) is 17.3. The van der Waals surface area contributed by atoms with Crippen molar-refractivity contribution in [1.29, 1.82) is 0 Å². The second-order valence-electron chi connectivity index (χ2n) is 9.98. The Morgan fingerprint density at radius 1 is 1.11 bits per heavy atom. The molecule has 1 aliphatic carbocycles. The van der Waals surface area contributed by atoms with Crippen molar-refractivity contribution in [2.24, 2.45) is 11.3 Å². The Labute approximate surface area is 219 Å². The molecule has 2 atom stereocenters. The highest BCUT2D eigenvalue weighted by molar-refractivity contribution is 9.10. The van der Waals surface area contributed by atoms with Crippen molar-refractivity contribution < 1.29 is 14.3 Å². The largest absolute Gasteiger partial charge is 0.487 e. The molecule has 2 aromatic carbocycles. The van der Waals surface area contributed by atoms with Gasteiger partial charge in [-0.25, -0.2) is 4.98 Å². The van der Waals surface area contributed by atoms with Gasteiger partial charge in [-0.05, 0) is 60.7 Å². The molecule has 2 heterocycles. The summed E-state index contributed by atoms with van der Waals surface area (Å²) in [7, 11) is 0. The molecule has 186 valence electrons. The van der Waals surface area contributed by atoms with Gasteiger partial charge in [0.05, 0.1) is 29.3 Å². The Hall–Kier alpha value is -3.19. The smallest absolute Gasteiger partial charge is 0.310 e. The molecule has 36 heavy (non-hydrogen) atoms. The summed E-state index contributed by atoms with van der Waals surface area (Å²) in [6, 6.07) is 18.3. The van der Waals surface area contributed by atoms with Gasteiger partial charge < -0.3 is 14.0 Å². The molecule has 0 saturated heterocycles. The minimum atomic E-state index is -0.221. The van der Waals surface area contributed by atoms with E-state index in [9.17, 15) is 4.79 Å². The quantitative estimate of drug-likeness (QED) is 0.238. The average Bonchev–Trinajstić information content (AvgIpc) is 3.27. The van der Waals surface area contributed by atoms with Crippen LogP contribution in [0.5, 0.6) is 5.75 Å². The van der Waals surface area contributed by atoms with Crippen molar-refractivity contribution in [1.82, 2.24) is 14.5 Å². The third kappa shape index (κ3) is 4.76. The minimum absolute atomic E-state index is 0.0134. The molecule has 2 aromatic heterocycles. The standard InChI is InChI=1S/C29H30BrN3O3/c1-5-35-28(34)26-25(29(26,3)4)27-32-23-13-12-22(36-17-21-11-6-18(2)15-31-21)14-24(23)33(27)16-19-7-9-20(30)10-8-19/h6-15,25-26H,5,16-17H2,1-4H3/t25-,26-/m0/s1. The van der Waals surface area contributed by atoms with Crippen LogP contribution in [0.3, 0.4) is 0 Å². The maximum absolute atomic E-state index is 12.7. The SMILES string of the molecule is CCOC(=O)[C@@H]1[C@@H](c2nc3ccc(OCc4ccc(C)cn4)cc3n2Cc2ccc(Br)cc2)C1(C)C. The molecule has 6 nitrogen and oxygen atoms in total. The number of ether oxygens (including phenoxy) is 2. The molecule has 0 unspecified atom stereocenters. The number of hydrogen-bond donors (Lipinski definition) is 0. The minimum Gasteiger partial charge on any atom is -0.487 e. The first-order valence-corrected chi connectivity index (χ1v) is 13.0. The molecule has 0 N–H and O–H groups in total. The van der Waals surface area contributed by atoms with Crippen molar-refractivity contribution in [2.45, 2.75) is 46.8 Å². The molecule has 7 heteroatoms. The lowest BCUT2D eigenvalue weighted by Crippen LogP contribution is -2.11. The van der Waals surface area contributed by atoms with Crippen LogP contribution in [0.25, 0.3) is 11.0 Å². The van der Waals surface area contributed by atoms with Crippen LogP contribution < -0.4 is 4.74 Å². The van der Waals surface area contributed by atoms with Crippen LogP contribution in [-0.4, -0.2) is 27.1 Å². The lowest BCUT2D eigenvalue weighted by Gasteiger charge is -2.12. The van der Waals surface area contributed by atoms with E-state index in [1.807, 2.05) is 62.5 Å². The van der Waals surface area contributed by atoms with Crippen LogP contribution in [0.1, 0.15) is 49.3 Å². The summed E-state index contributed by atoms with van der Waals surface area (Å²) in [4.78, 5) is 22.2. The van der Waals surface area contributed by atoms with Gasteiger partial charge in [-0.1, -0.05) is 48.0 Å². The Morgan fingerprint density at radius 3 is 2.58 bits per heavy atom. The fourth-order valence-corrected chi connectivity index (χ4v) is 5.18. The Balaban J connectivity index is 1.51. The lowest BCUT2D eigenvalue weighted by molar-refractivity contribution is -0.145. The number of carbonyl (C=O) groups excluding carboxylic acids is 1. The van der Waals surface area contributed by atoms with Gasteiger partial charge in [0.15, 0.2) is 0 Å². The highest BCUT2D eigenvalue weighted by Crippen LogP contribution is 2.64. The number of benzene rings is 2. The number of esters is 1. The maximum Gasteiger partial charge on any atom is 0.310 e. The number of nitrogens with zero attached hydrogens (tertiary/aromatic N) is 3. The Bertz CT molecular complexity index is 1390. The van der Waals surface area contributed by atoms with Gasteiger partial charge >= 0.3 is 5.97 Å². The fraction of sp³-hybridized carbons (Fsp3) is 0.345. The normalized spacial score (nSPS) is 18.2. The average molecular weight is 548 g/mol. The topological polar surface area (TPSA) is 66.2 Å². The molecule has 0 spiro atoms. The summed E-state index contributed by atoms with van der Waals surface area (Å²) in [5.41, 5.74) is 4.79. The number of rotatable bonds is 8. The molecule has 0 amide bonds. The van der Waals surface area contributed by atoms with Gasteiger partial charge in [0, 0.05) is 29.2 Å². The van der Waals surface area contributed by atoms with Gasteiger partial charge in [-0.15, -0.1) is 0 Å². The monoisotopic (exact) mass is 547 g/mol.